The van der Waals surface area contributed by atoms with Gasteiger partial charge in [-0.1, -0.05) is 27.7 Å². The van der Waals surface area contributed by atoms with Crippen LogP contribution < -0.4 is 0 Å². The van der Waals surface area contributed by atoms with Crippen molar-refractivity contribution < 1.29 is 9.53 Å². The minimum absolute atomic E-state index is 0.101. The van der Waals surface area contributed by atoms with Gasteiger partial charge in [0.05, 0.1) is 0 Å². The van der Waals surface area contributed by atoms with Crippen LogP contribution in [0.2, 0.25) is 0 Å². The summed E-state index contributed by atoms with van der Waals surface area (Å²) in [4.78, 5) is 11.1. The van der Waals surface area contributed by atoms with E-state index in [2.05, 4.69) is 13.8 Å². The number of carbonyl (C=O) groups excluding carboxylic acids is 1. The first kappa shape index (κ1) is 11.6. The van der Waals surface area contributed by atoms with Crippen molar-refractivity contribution in [3.63, 3.8) is 0 Å². The maximum atomic E-state index is 11.1. The molecular formula is C10H20O2. The summed E-state index contributed by atoms with van der Waals surface area (Å²) in [6.45, 7) is 9.07. The zero-order valence-corrected chi connectivity index (χ0v) is 8.59. The molecule has 0 atom stereocenters. The molecular weight excluding hydrogens is 152 g/mol. The van der Waals surface area contributed by atoms with E-state index < -0.39 is 0 Å². The summed E-state index contributed by atoms with van der Waals surface area (Å²) >= 11 is 0. The summed E-state index contributed by atoms with van der Waals surface area (Å²) in [7, 11) is 0. The Morgan fingerprint density at radius 2 is 1.83 bits per heavy atom. The fraction of sp³-hybridized carbons (Fsp3) is 0.900. The number of hydrogen-bond acceptors (Lipinski definition) is 2. The predicted molar refractivity (Wildman–Crippen MR) is 50.1 cm³/mol. The Morgan fingerprint density at radius 1 is 1.25 bits per heavy atom. The van der Waals surface area contributed by atoms with Gasteiger partial charge in [0, 0.05) is 12.5 Å². The van der Waals surface area contributed by atoms with Crippen molar-refractivity contribution in [3.8, 4) is 0 Å². The quantitative estimate of drug-likeness (QED) is 0.574. The number of ether oxygens (including phenoxy) is 1. The van der Waals surface area contributed by atoms with Gasteiger partial charge in [0.1, 0.15) is 6.61 Å². The van der Waals surface area contributed by atoms with Gasteiger partial charge in [-0.2, -0.15) is 0 Å². The lowest BCUT2D eigenvalue weighted by Gasteiger charge is -2.06. The Labute approximate surface area is 75.3 Å². The summed E-state index contributed by atoms with van der Waals surface area (Å²) in [6, 6.07) is 0. The van der Waals surface area contributed by atoms with E-state index in [0.717, 1.165) is 6.42 Å². The van der Waals surface area contributed by atoms with Crippen molar-refractivity contribution in [2.75, 3.05) is 13.2 Å². The van der Waals surface area contributed by atoms with E-state index in [4.69, 9.17) is 4.74 Å². The smallest absolute Gasteiger partial charge is 0.160 e. The van der Waals surface area contributed by atoms with Crippen LogP contribution in [0.3, 0.4) is 0 Å². The minimum atomic E-state index is 0.101. The molecule has 0 N–H and O–H groups in total. The van der Waals surface area contributed by atoms with Crippen LogP contribution in [0.15, 0.2) is 0 Å². The Bertz CT molecular complexity index is 128. The molecule has 2 nitrogen and oxygen atoms in total. The summed E-state index contributed by atoms with van der Waals surface area (Å²) in [6.07, 6.45) is 1.03. The predicted octanol–water partition coefficient (Wildman–Crippen LogP) is 2.27. The molecule has 0 unspecified atom stereocenters. The molecule has 0 fully saturated rings. The monoisotopic (exact) mass is 172 g/mol. The molecule has 0 saturated heterocycles. The number of rotatable bonds is 6. The number of hydrogen-bond donors (Lipinski definition) is 0. The zero-order chi connectivity index (χ0) is 9.56. The highest BCUT2D eigenvalue weighted by Crippen LogP contribution is 2.00. The minimum Gasteiger partial charge on any atom is -0.374 e. The van der Waals surface area contributed by atoms with Crippen LogP contribution in [0.1, 0.15) is 34.1 Å². The van der Waals surface area contributed by atoms with Crippen molar-refractivity contribution in [2.24, 2.45) is 11.8 Å². The normalized spacial score (nSPS) is 11.2. The van der Waals surface area contributed by atoms with E-state index in [0.29, 0.717) is 12.5 Å². The Balaban J connectivity index is 3.26. The molecule has 0 amide bonds. The number of ketones is 1. The van der Waals surface area contributed by atoms with Crippen LogP contribution in [-0.2, 0) is 9.53 Å². The lowest BCUT2D eigenvalue weighted by atomic mass is 10.1. The van der Waals surface area contributed by atoms with E-state index >= 15 is 0 Å². The van der Waals surface area contributed by atoms with Crippen LogP contribution in [-0.4, -0.2) is 19.0 Å². The molecule has 0 aromatic rings. The van der Waals surface area contributed by atoms with E-state index in [1.54, 1.807) is 0 Å². The third-order valence-electron chi connectivity index (χ3n) is 1.73. The van der Waals surface area contributed by atoms with Gasteiger partial charge in [-0.3, -0.25) is 4.79 Å². The molecule has 0 saturated carbocycles. The van der Waals surface area contributed by atoms with Crippen molar-refractivity contribution in [1.82, 2.24) is 0 Å². The molecule has 0 aromatic carbocycles. The lowest BCUT2D eigenvalue weighted by molar-refractivity contribution is -0.126. The molecule has 0 aromatic heterocycles. The Morgan fingerprint density at radius 3 is 2.25 bits per heavy atom. The van der Waals surface area contributed by atoms with Crippen LogP contribution in [0.5, 0.6) is 0 Å². The molecule has 72 valence electrons. The molecule has 0 bridgehead atoms. The van der Waals surface area contributed by atoms with Crippen LogP contribution in [0.4, 0.5) is 0 Å². The SMILES string of the molecule is CC(C)CCOCC(=O)C(C)C. The zero-order valence-electron chi connectivity index (χ0n) is 8.59. The Hall–Kier alpha value is -0.370. The average Bonchev–Trinajstić information content (AvgIpc) is 1.97. The van der Waals surface area contributed by atoms with Gasteiger partial charge in [-0.05, 0) is 12.3 Å². The van der Waals surface area contributed by atoms with E-state index in [-0.39, 0.29) is 18.3 Å². The number of carbonyl (C=O) groups is 1. The van der Waals surface area contributed by atoms with Gasteiger partial charge >= 0.3 is 0 Å². The van der Waals surface area contributed by atoms with E-state index in [1.807, 2.05) is 13.8 Å². The lowest BCUT2D eigenvalue weighted by Crippen LogP contribution is -2.15. The van der Waals surface area contributed by atoms with E-state index in [9.17, 15) is 4.79 Å². The van der Waals surface area contributed by atoms with Crippen molar-refractivity contribution in [3.05, 3.63) is 0 Å². The average molecular weight is 172 g/mol. The van der Waals surface area contributed by atoms with Crippen LogP contribution in [0.25, 0.3) is 0 Å². The molecule has 12 heavy (non-hydrogen) atoms. The van der Waals surface area contributed by atoms with Gasteiger partial charge in [0.15, 0.2) is 5.78 Å². The van der Waals surface area contributed by atoms with Gasteiger partial charge < -0.3 is 4.74 Å². The summed E-state index contributed by atoms with van der Waals surface area (Å²) < 4.78 is 5.22. The molecule has 2 heteroatoms. The maximum absolute atomic E-state index is 11.1. The van der Waals surface area contributed by atoms with Gasteiger partial charge in [-0.15, -0.1) is 0 Å². The third kappa shape index (κ3) is 6.35. The second-order valence-corrected chi connectivity index (χ2v) is 3.86. The van der Waals surface area contributed by atoms with Gasteiger partial charge in [0.2, 0.25) is 0 Å². The second kappa shape index (κ2) is 6.18. The molecule has 0 radical (unpaired) electrons. The highest BCUT2D eigenvalue weighted by atomic mass is 16.5. The van der Waals surface area contributed by atoms with E-state index in [1.165, 1.54) is 0 Å². The third-order valence-corrected chi connectivity index (χ3v) is 1.73. The number of Topliss-reactive ketones (excluding diaryl/α,β-unsaturated/α-hetero) is 1. The Kier molecular flexibility index (Phi) is 5.99. The van der Waals surface area contributed by atoms with Crippen molar-refractivity contribution in [2.45, 2.75) is 34.1 Å². The maximum Gasteiger partial charge on any atom is 0.160 e. The van der Waals surface area contributed by atoms with Crippen molar-refractivity contribution >= 4 is 5.78 Å². The standard InChI is InChI=1S/C10H20O2/c1-8(2)5-6-12-7-10(11)9(3)4/h8-9H,5-7H2,1-4H3. The highest BCUT2D eigenvalue weighted by molar-refractivity contribution is 5.81. The van der Waals surface area contributed by atoms with Gasteiger partial charge in [0.25, 0.3) is 0 Å². The topological polar surface area (TPSA) is 26.3 Å². The summed E-state index contributed by atoms with van der Waals surface area (Å²) in [5.74, 6) is 0.946. The molecule has 0 heterocycles. The molecule has 0 rings (SSSR count). The fourth-order valence-corrected chi connectivity index (χ4v) is 0.658. The molecule has 0 spiro atoms. The summed E-state index contributed by atoms with van der Waals surface area (Å²) in [5.41, 5.74) is 0. The van der Waals surface area contributed by atoms with Crippen LogP contribution in [0, 0.1) is 11.8 Å². The molecule has 0 aliphatic heterocycles. The van der Waals surface area contributed by atoms with Gasteiger partial charge in [-0.25, -0.2) is 0 Å². The first-order chi connectivity index (χ1) is 5.54. The second-order valence-electron chi connectivity index (χ2n) is 3.86. The van der Waals surface area contributed by atoms with Crippen LogP contribution >= 0.6 is 0 Å². The fourth-order valence-electron chi connectivity index (χ4n) is 0.658. The summed E-state index contributed by atoms with van der Waals surface area (Å²) in [5, 5.41) is 0. The molecule has 0 aliphatic carbocycles. The highest BCUT2D eigenvalue weighted by Gasteiger charge is 2.06. The van der Waals surface area contributed by atoms with Crippen molar-refractivity contribution in [1.29, 1.82) is 0 Å². The molecule has 0 aliphatic rings. The first-order valence-electron chi connectivity index (χ1n) is 4.64. The largest absolute Gasteiger partial charge is 0.374 e. The first-order valence-corrected chi connectivity index (χ1v) is 4.64.